The SMILES string of the molecule is CCc1ccc(NC(=O)C2CCC(C(=O)NCc3ccccc3C)CC2)cc1. The van der Waals surface area contributed by atoms with Crippen molar-refractivity contribution >= 4 is 17.5 Å². The summed E-state index contributed by atoms with van der Waals surface area (Å²) in [6.45, 7) is 4.74. The van der Waals surface area contributed by atoms with Crippen molar-refractivity contribution in [2.75, 3.05) is 5.32 Å². The van der Waals surface area contributed by atoms with Gasteiger partial charge in [-0.15, -0.1) is 0 Å². The zero-order valence-electron chi connectivity index (χ0n) is 16.8. The van der Waals surface area contributed by atoms with Crippen molar-refractivity contribution in [2.24, 2.45) is 11.8 Å². The Morgan fingerprint density at radius 2 is 1.50 bits per heavy atom. The van der Waals surface area contributed by atoms with Crippen LogP contribution in [-0.4, -0.2) is 11.8 Å². The zero-order valence-corrected chi connectivity index (χ0v) is 16.8. The fourth-order valence-corrected chi connectivity index (χ4v) is 3.82. The Bertz CT molecular complexity index is 806. The number of rotatable bonds is 6. The quantitative estimate of drug-likeness (QED) is 0.771. The maximum atomic E-state index is 12.5. The molecule has 0 heterocycles. The fraction of sp³-hybridized carbons (Fsp3) is 0.417. The van der Waals surface area contributed by atoms with E-state index < -0.39 is 0 Å². The monoisotopic (exact) mass is 378 g/mol. The first kappa shape index (κ1) is 20.1. The third-order valence-corrected chi connectivity index (χ3v) is 5.81. The summed E-state index contributed by atoms with van der Waals surface area (Å²) in [6.07, 6.45) is 4.06. The van der Waals surface area contributed by atoms with Gasteiger partial charge in [0.25, 0.3) is 0 Å². The number of aryl methyl sites for hydroxylation is 2. The lowest BCUT2D eigenvalue weighted by atomic mass is 9.81. The van der Waals surface area contributed by atoms with Crippen molar-refractivity contribution in [3.05, 3.63) is 65.2 Å². The Morgan fingerprint density at radius 3 is 2.11 bits per heavy atom. The molecule has 2 N–H and O–H groups in total. The van der Waals surface area contributed by atoms with Gasteiger partial charge in [0.2, 0.25) is 11.8 Å². The number of carbonyl (C=O) groups is 2. The molecule has 4 nitrogen and oxygen atoms in total. The largest absolute Gasteiger partial charge is 0.352 e. The summed E-state index contributed by atoms with van der Waals surface area (Å²) < 4.78 is 0. The van der Waals surface area contributed by atoms with Crippen LogP contribution in [0.4, 0.5) is 5.69 Å². The number of anilines is 1. The lowest BCUT2D eigenvalue weighted by Crippen LogP contribution is -2.35. The highest BCUT2D eigenvalue weighted by atomic mass is 16.2. The average molecular weight is 379 g/mol. The highest BCUT2D eigenvalue weighted by Gasteiger charge is 2.29. The lowest BCUT2D eigenvalue weighted by molar-refractivity contribution is -0.128. The van der Waals surface area contributed by atoms with Gasteiger partial charge in [-0.1, -0.05) is 43.3 Å². The van der Waals surface area contributed by atoms with Crippen molar-refractivity contribution in [1.29, 1.82) is 0 Å². The van der Waals surface area contributed by atoms with E-state index in [0.29, 0.717) is 6.54 Å². The zero-order chi connectivity index (χ0) is 19.9. The smallest absolute Gasteiger partial charge is 0.227 e. The Balaban J connectivity index is 1.44. The van der Waals surface area contributed by atoms with Gasteiger partial charge in [-0.25, -0.2) is 0 Å². The summed E-state index contributed by atoms with van der Waals surface area (Å²) in [6, 6.07) is 16.1. The molecule has 0 saturated heterocycles. The van der Waals surface area contributed by atoms with Gasteiger partial charge in [-0.3, -0.25) is 9.59 Å². The maximum Gasteiger partial charge on any atom is 0.227 e. The number of nitrogens with one attached hydrogen (secondary N) is 2. The molecule has 1 aliphatic rings. The number of amides is 2. The van der Waals surface area contributed by atoms with Gasteiger partial charge in [0.15, 0.2) is 0 Å². The molecule has 1 fully saturated rings. The molecule has 0 aliphatic heterocycles. The maximum absolute atomic E-state index is 12.5. The van der Waals surface area contributed by atoms with Crippen molar-refractivity contribution in [2.45, 2.75) is 52.5 Å². The summed E-state index contributed by atoms with van der Waals surface area (Å²) in [4.78, 5) is 25.0. The summed E-state index contributed by atoms with van der Waals surface area (Å²) in [5.41, 5.74) is 4.45. The summed E-state index contributed by atoms with van der Waals surface area (Å²) in [5.74, 6) is 0.184. The Labute approximate surface area is 167 Å². The molecule has 2 amide bonds. The van der Waals surface area contributed by atoms with E-state index in [-0.39, 0.29) is 23.7 Å². The fourth-order valence-electron chi connectivity index (χ4n) is 3.82. The molecular formula is C24H30N2O2. The normalized spacial score (nSPS) is 19.1. The molecule has 148 valence electrons. The first-order chi connectivity index (χ1) is 13.6. The summed E-state index contributed by atoms with van der Waals surface area (Å²) in [5, 5.41) is 6.09. The molecule has 28 heavy (non-hydrogen) atoms. The van der Waals surface area contributed by atoms with Crippen LogP contribution in [0.2, 0.25) is 0 Å². The van der Waals surface area contributed by atoms with Crippen LogP contribution in [0.15, 0.2) is 48.5 Å². The topological polar surface area (TPSA) is 58.2 Å². The van der Waals surface area contributed by atoms with Crippen LogP contribution in [0.5, 0.6) is 0 Å². The Hall–Kier alpha value is -2.62. The predicted octanol–water partition coefficient (Wildman–Crippen LogP) is 4.62. The summed E-state index contributed by atoms with van der Waals surface area (Å²) in [7, 11) is 0. The van der Waals surface area contributed by atoms with Crippen molar-refractivity contribution in [1.82, 2.24) is 5.32 Å². The molecule has 3 rings (SSSR count). The van der Waals surface area contributed by atoms with Crippen LogP contribution in [0, 0.1) is 18.8 Å². The van der Waals surface area contributed by atoms with Gasteiger partial charge in [-0.2, -0.15) is 0 Å². The van der Waals surface area contributed by atoms with E-state index in [1.807, 2.05) is 42.5 Å². The molecule has 0 atom stereocenters. The number of carbonyl (C=O) groups excluding carboxylic acids is 2. The molecular weight excluding hydrogens is 348 g/mol. The molecule has 0 unspecified atom stereocenters. The van der Waals surface area contributed by atoms with E-state index in [1.54, 1.807) is 0 Å². The van der Waals surface area contributed by atoms with Gasteiger partial charge in [0, 0.05) is 24.1 Å². The third kappa shape index (κ3) is 5.22. The van der Waals surface area contributed by atoms with Gasteiger partial charge in [-0.05, 0) is 67.9 Å². The van der Waals surface area contributed by atoms with E-state index in [9.17, 15) is 9.59 Å². The van der Waals surface area contributed by atoms with Crippen LogP contribution in [0.1, 0.15) is 49.3 Å². The van der Waals surface area contributed by atoms with Gasteiger partial charge < -0.3 is 10.6 Å². The van der Waals surface area contributed by atoms with Crippen molar-refractivity contribution in [3.63, 3.8) is 0 Å². The minimum absolute atomic E-state index is 0.00808. The molecule has 0 spiro atoms. The third-order valence-electron chi connectivity index (χ3n) is 5.81. The Morgan fingerprint density at radius 1 is 0.893 bits per heavy atom. The van der Waals surface area contributed by atoms with Crippen LogP contribution >= 0.6 is 0 Å². The van der Waals surface area contributed by atoms with E-state index in [0.717, 1.165) is 43.4 Å². The van der Waals surface area contributed by atoms with E-state index in [4.69, 9.17) is 0 Å². The average Bonchev–Trinajstić information content (AvgIpc) is 2.73. The minimum atomic E-state index is -0.00808. The first-order valence-electron chi connectivity index (χ1n) is 10.3. The number of hydrogen-bond donors (Lipinski definition) is 2. The second kappa shape index (κ2) is 9.54. The minimum Gasteiger partial charge on any atom is -0.352 e. The highest BCUT2D eigenvalue weighted by Crippen LogP contribution is 2.30. The Kier molecular flexibility index (Phi) is 6.85. The molecule has 1 saturated carbocycles. The second-order valence-electron chi connectivity index (χ2n) is 7.73. The van der Waals surface area contributed by atoms with Crippen LogP contribution in [-0.2, 0) is 22.6 Å². The lowest BCUT2D eigenvalue weighted by Gasteiger charge is -2.27. The van der Waals surface area contributed by atoms with Crippen LogP contribution < -0.4 is 10.6 Å². The van der Waals surface area contributed by atoms with E-state index in [1.165, 1.54) is 11.1 Å². The molecule has 0 bridgehead atoms. The van der Waals surface area contributed by atoms with Gasteiger partial charge >= 0.3 is 0 Å². The van der Waals surface area contributed by atoms with E-state index >= 15 is 0 Å². The molecule has 2 aromatic rings. The van der Waals surface area contributed by atoms with Gasteiger partial charge in [0.1, 0.15) is 0 Å². The number of benzene rings is 2. The van der Waals surface area contributed by atoms with Crippen molar-refractivity contribution in [3.8, 4) is 0 Å². The molecule has 0 radical (unpaired) electrons. The molecule has 4 heteroatoms. The van der Waals surface area contributed by atoms with Crippen molar-refractivity contribution < 1.29 is 9.59 Å². The van der Waals surface area contributed by atoms with Gasteiger partial charge in [0.05, 0.1) is 0 Å². The molecule has 0 aromatic heterocycles. The first-order valence-corrected chi connectivity index (χ1v) is 10.3. The molecule has 1 aliphatic carbocycles. The second-order valence-corrected chi connectivity index (χ2v) is 7.73. The highest BCUT2D eigenvalue weighted by molar-refractivity contribution is 5.92. The van der Waals surface area contributed by atoms with Crippen LogP contribution in [0.3, 0.4) is 0 Å². The standard InChI is InChI=1S/C24H30N2O2/c1-3-18-8-14-22(15-9-18)26-24(28)20-12-10-19(11-13-20)23(27)25-16-21-7-5-4-6-17(21)2/h4-9,14-15,19-20H,3,10-13,16H2,1-2H3,(H,25,27)(H,26,28). The predicted molar refractivity (Wildman–Crippen MR) is 113 cm³/mol. The number of hydrogen-bond acceptors (Lipinski definition) is 2. The summed E-state index contributed by atoms with van der Waals surface area (Å²) >= 11 is 0. The van der Waals surface area contributed by atoms with E-state index in [2.05, 4.69) is 30.5 Å². The molecule has 2 aromatic carbocycles. The van der Waals surface area contributed by atoms with Crippen LogP contribution in [0.25, 0.3) is 0 Å².